The van der Waals surface area contributed by atoms with Crippen LogP contribution in [0, 0.1) is 11.3 Å². The summed E-state index contributed by atoms with van der Waals surface area (Å²) in [6, 6.07) is 18.1. The Balaban J connectivity index is 2.34. The predicted octanol–water partition coefficient (Wildman–Crippen LogP) is 5.15. The molecule has 164 valence electrons. The highest BCUT2D eigenvalue weighted by molar-refractivity contribution is 7.65. The van der Waals surface area contributed by atoms with Crippen LogP contribution in [0.3, 0.4) is 0 Å². The van der Waals surface area contributed by atoms with E-state index in [4.69, 9.17) is 19.1 Å². The molecule has 0 aliphatic heterocycles. The minimum atomic E-state index is -3.65. The molecule has 0 unspecified atom stereocenters. The third-order valence-corrected chi connectivity index (χ3v) is 6.46. The van der Waals surface area contributed by atoms with Gasteiger partial charge in [0.15, 0.2) is 0 Å². The molecule has 0 spiro atoms. The zero-order chi connectivity index (χ0) is 22.7. The van der Waals surface area contributed by atoms with Gasteiger partial charge >= 0.3 is 7.60 Å². The van der Waals surface area contributed by atoms with Gasteiger partial charge in [-0.05, 0) is 43.2 Å². The fourth-order valence-electron chi connectivity index (χ4n) is 2.79. The normalized spacial score (nSPS) is 11.7. The van der Waals surface area contributed by atoms with E-state index in [1.54, 1.807) is 44.2 Å². The van der Waals surface area contributed by atoms with Gasteiger partial charge in [0.05, 0.1) is 36.7 Å². The van der Waals surface area contributed by atoms with Crippen molar-refractivity contribution in [1.29, 1.82) is 5.26 Å². The lowest BCUT2D eigenvalue weighted by atomic mass is 10.1. The smallest absolute Gasteiger partial charge is 0.305 e. The van der Waals surface area contributed by atoms with Crippen molar-refractivity contribution >= 4 is 18.8 Å². The third-order valence-electron chi connectivity index (χ3n) is 4.23. The number of benzene rings is 2. The topological polar surface area (TPSA) is 88.9 Å². The number of nitrogens with zero attached hydrogens (tertiary/aromatic N) is 2. The fourth-order valence-corrected chi connectivity index (χ4v) is 4.59. The molecule has 0 saturated heterocycles. The Hall–Kier alpha value is -2.75. The molecule has 0 aromatic heterocycles. The largest absolute Gasteiger partial charge is 0.361 e. The van der Waals surface area contributed by atoms with E-state index in [2.05, 4.69) is 6.07 Å². The van der Waals surface area contributed by atoms with Crippen LogP contribution in [0.4, 0.5) is 0 Å². The van der Waals surface area contributed by atoms with Crippen LogP contribution in [0.15, 0.2) is 60.7 Å². The highest BCUT2D eigenvalue weighted by Crippen LogP contribution is 2.60. The first-order valence-electron chi connectivity index (χ1n) is 9.98. The van der Waals surface area contributed by atoms with Crippen LogP contribution < -0.4 is 0 Å². The molecular formula is C23H27N2O5P. The Kier molecular flexibility index (Phi) is 9.64. The van der Waals surface area contributed by atoms with Crippen molar-refractivity contribution in [3.8, 4) is 6.07 Å². The summed E-state index contributed by atoms with van der Waals surface area (Å²) in [5.41, 5.74) is 1.97. The number of rotatable bonds is 11. The van der Waals surface area contributed by atoms with Gasteiger partial charge in [-0.25, -0.2) is 5.06 Å². The van der Waals surface area contributed by atoms with E-state index in [1.165, 1.54) is 12.0 Å². The van der Waals surface area contributed by atoms with Gasteiger partial charge in [0.2, 0.25) is 5.91 Å². The van der Waals surface area contributed by atoms with Crippen LogP contribution in [0.1, 0.15) is 37.5 Å². The molecule has 31 heavy (non-hydrogen) atoms. The van der Waals surface area contributed by atoms with Gasteiger partial charge in [0.25, 0.3) is 0 Å². The standard InChI is InChI=1S/C23H27N2O5P/c1-4-29-31(27,30-5-2)23(22-13-11-20(17-24)12-14-22)15-16-25(19(3)26)28-18-21-9-7-6-8-10-21/h6-15H,4-5,16,18H2,1-3H3/b23-15-. The van der Waals surface area contributed by atoms with Crippen LogP contribution >= 0.6 is 7.60 Å². The Morgan fingerprint density at radius 3 is 2.19 bits per heavy atom. The van der Waals surface area contributed by atoms with E-state index < -0.39 is 7.60 Å². The van der Waals surface area contributed by atoms with Gasteiger partial charge in [-0.15, -0.1) is 0 Å². The Labute approximate surface area is 183 Å². The molecular weight excluding hydrogens is 415 g/mol. The first-order valence-corrected chi connectivity index (χ1v) is 11.5. The molecule has 2 rings (SSSR count). The van der Waals surface area contributed by atoms with Gasteiger partial charge in [0.1, 0.15) is 6.61 Å². The number of carbonyl (C=O) groups is 1. The molecule has 0 bridgehead atoms. The maximum absolute atomic E-state index is 13.5. The van der Waals surface area contributed by atoms with Crippen molar-refractivity contribution in [1.82, 2.24) is 5.06 Å². The molecule has 1 amide bonds. The average molecular weight is 442 g/mol. The van der Waals surface area contributed by atoms with E-state index in [0.717, 1.165) is 5.56 Å². The van der Waals surface area contributed by atoms with Crippen molar-refractivity contribution < 1.29 is 23.2 Å². The first kappa shape index (κ1) is 24.5. The van der Waals surface area contributed by atoms with E-state index in [-0.39, 0.29) is 32.3 Å². The first-order chi connectivity index (χ1) is 14.9. The zero-order valence-electron chi connectivity index (χ0n) is 18.0. The summed E-state index contributed by atoms with van der Waals surface area (Å²) < 4.78 is 24.5. The third kappa shape index (κ3) is 7.16. The molecule has 8 heteroatoms. The lowest BCUT2D eigenvalue weighted by Crippen LogP contribution is -2.29. The maximum atomic E-state index is 13.5. The Morgan fingerprint density at radius 1 is 1.06 bits per heavy atom. The van der Waals surface area contributed by atoms with Gasteiger partial charge in [0, 0.05) is 6.92 Å². The predicted molar refractivity (Wildman–Crippen MR) is 119 cm³/mol. The molecule has 0 aliphatic carbocycles. The van der Waals surface area contributed by atoms with Crippen molar-refractivity contribution in [2.24, 2.45) is 0 Å². The highest BCUT2D eigenvalue weighted by atomic mass is 31.2. The summed E-state index contributed by atoms with van der Waals surface area (Å²) in [7, 11) is -3.65. The van der Waals surface area contributed by atoms with Crippen LogP contribution in [0.25, 0.3) is 5.31 Å². The van der Waals surface area contributed by atoms with E-state index >= 15 is 0 Å². The lowest BCUT2D eigenvalue weighted by molar-refractivity contribution is -0.185. The van der Waals surface area contributed by atoms with E-state index in [0.29, 0.717) is 16.4 Å². The fraction of sp³-hybridized carbons (Fsp3) is 0.304. The SMILES string of the molecule is CCOP(=O)(OCC)/C(=C\CN(OCc1ccccc1)C(C)=O)c1ccc(C#N)cc1. The van der Waals surface area contributed by atoms with Crippen LogP contribution in [-0.4, -0.2) is 30.7 Å². The summed E-state index contributed by atoms with van der Waals surface area (Å²) in [6.07, 6.45) is 1.61. The number of hydroxylamine groups is 2. The van der Waals surface area contributed by atoms with Gasteiger partial charge in [-0.3, -0.25) is 14.2 Å². The second-order valence-electron chi connectivity index (χ2n) is 6.45. The molecule has 0 N–H and O–H groups in total. The van der Waals surface area contributed by atoms with Crippen molar-refractivity contribution in [2.75, 3.05) is 19.8 Å². The molecule has 0 aliphatic rings. The second kappa shape index (κ2) is 12.2. The summed E-state index contributed by atoms with van der Waals surface area (Å²) in [6.45, 7) is 5.49. The van der Waals surface area contributed by atoms with Gasteiger partial charge < -0.3 is 9.05 Å². The molecule has 0 saturated carbocycles. The number of nitriles is 1. The average Bonchev–Trinajstić information content (AvgIpc) is 2.77. The number of carbonyl (C=O) groups excluding carboxylic acids is 1. The summed E-state index contributed by atoms with van der Waals surface area (Å²) in [5.74, 6) is -0.297. The van der Waals surface area contributed by atoms with Crippen molar-refractivity contribution in [3.63, 3.8) is 0 Å². The summed E-state index contributed by atoms with van der Waals surface area (Å²) in [5, 5.41) is 10.6. The zero-order valence-corrected chi connectivity index (χ0v) is 18.9. The molecule has 2 aromatic carbocycles. The van der Waals surface area contributed by atoms with E-state index in [9.17, 15) is 9.36 Å². The van der Waals surface area contributed by atoms with Crippen LogP contribution in [-0.2, 0) is 29.9 Å². The molecule has 0 atom stereocenters. The molecule has 2 aromatic rings. The lowest BCUT2D eigenvalue weighted by Gasteiger charge is -2.23. The summed E-state index contributed by atoms with van der Waals surface area (Å²) >= 11 is 0. The monoisotopic (exact) mass is 442 g/mol. The van der Waals surface area contributed by atoms with Crippen LogP contribution in [0.5, 0.6) is 0 Å². The van der Waals surface area contributed by atoms with E-state index in [1.807, 2.05) is 30.3 Å². The Bertz CT molecular complexity index is 958. The molecule has 0 radical (unpaired) electrons. The second-order valence-corrected chi connectivity index (χ2v) is 8.44. The molecule has 7 nitrogen and oxygen atoms in total. The highest BCUT2D eigenvalue weighted by Gasteiger charge is 2.31. The minimum Gasteiger partial charge on any atom is -0.305 e. The molecule has 0 fully saturated rings. The van der Waals surface area contributed by atoms with Crippen molar-refractivity contribution in [3.05, 3.63) is 77.4 Å². The van der Waals surface area contributed by atoms with Gasteiger partial charge in [-0.1, -0.05) is 42.5 Å². The minimum absolute atomic E-state index is 0.0433. The van der Waals surface area contributed by atoms with Crippen LogP contribution in [0.2, 0.25) is 0 Å². The Morgan fingerprint density at radius 2 is 1.68 bits per heavy atom. The summed E-state index contributed by atoms with van der Waals surface area (Å²) in [4.78, 5) is 17.8. The molecule has 0 heterocycles. The maximum Gasteiger partial charge on any atom is 0.361 e. The van der Waals surface area contributed by atoms with Gasteiger partial charge in [-0.2, -0.15) is 5.26 Å². The van der Waals surface area contributed by atoms with Crippen molar-refractivity contribution in [2.45, 2.75) is 27.4 Å². The number of hydrogen-bond donors (Lipinski definition) is 0. The number of hydrogen-bond acceptors (Lipinski definition) is 6. The number of amides is 1. The quantitative estimate of drug-likeness (QED) is 0.353.